The van der Waals surface area contributed by atoms with Crippen LogP contribution < -0.4 is 10.6 Å². The number of nitrogen functional groups attached to an aromatic ring is 1. The number of nitrogens with zero attached hydrogens (tertiary/aromatic N) is 2. The summed E-state index contributed by atoms with van der Waals surface area (Å²) in [6.07, 6.45) is 1.81. The van der Waals surface area contributed by atoms with Gasteiger partial charge in [0.15, 0.2) is 0 Å². The van der Waals surface area contributed by atoms with Gasteiger partial charge < -0.3 is 10.6 Å². The number of aromatic amines is 1. The van der Waals surface area contributed by atoms with E-state index >= 15 is 0 Å². The Balaban J connectivity index is 2.00. The molecule has 1 aromatic carbocycles. The summed E-state index contributed by atoms with van der Waals surface area (Å²) in [5.74, 6) is 1.17. The molecule has 0 aliphatic carbocycles. The standard InChI is InChI=1S/C12H16N4S/c1-8-7-16(2-3-17-8)12-5-11-9(4-10(12)13)6-14-15-11/h4-6,8H,2-3,7,13H2,1H3,(H,14,15). The zero-order valence-electron chi connectivity index (χ0n) is 9.81. The molecule has 0 amide bonds. The molecule has 2 aromatic rings. The Morgan fingerprint density at radius 3 is 3.24 bits per heavy atom. The van der Waals surface area contributed by atoms with Crippen molar-refractivity contribution in [3.8, 4) is 0 Å². The number of rotatable bonds is 1. The van der Waals surface area contributed by atoms with Crippen molar-refractivity contribution in [1.29, 1.82) is 0 Å². The molecule has 1 atom stereocenters. The van der Waals surface area contributed by atoms with Gasteiger partial charge in [-0.15, -0.1) is 0 Å². The molecule has 5 heteroatoms. The first-order valence-corrected chi connectivity index (χ1v) is 6.88. The lowest BCUT2D eigenvalue weighted by Crippen LogP contribution is -2.37. The molecule has 1 saturated heterocycles. The van der Waals surface area contributed by atoms with Gasteiger partial charge in [0.25, 0.3) is 0 Å². The number of fused-ring (bicyclic) bond motifs is 1. The first kappa shape index (κ1) is 10.8. The topological polar surface area (TPSA) is 57.9 Å². The Morgan fingerprint density at radius 2 is 2.41 bits per heavy atom. The zero-order valence-corrected chi connectivity index (χ0v) is 10.6. The minimum Gasteiger partial charge on any atom is -0.397 e. The van der Waals surface area contributed by atoms with Gasteiger partial charge in [0.05, 0.1) is 23.1 Å². The van der Waals surface area contributed by atoms with Crippen LogP contribution in [0.25, 0.3) is 10.9 Å². The molecule has 3 rings (SSSR count). The second-order valence-corrected chi connectivity index (χ2v) is 6.04. The van der Waals surface area contributed by atoms with Crippen molar-refractivity contribution < 1.29 is 0 Å². The highest BCUT2D eigenvalue weighted by atomic mass is 32.2. The SMILES string of the molecule is CC1CN(c2cc3[nH]ncc3cc2N)CCS1. The lowest BCUT2D eigenvalue weighted by atomic mass is 10.2. The number of nitrogens with one attached hydrogen (secondary N) is 1. The van der Waals surface area contributed by atoms with Crippen molar-refractivity contribution in [2.24, 2.45) is 0 Å². The van der Waals surface area contributed by atoms with Crippen molar-refractivity contribution in [3.63, 3.8) is 0 Å². The molecule has 1 unspecified atom stereocenters. The van der Waals surface area contributed by atoms with E-state index in [9.17, 15) is 0 Å². The summed E-state index contributed by atoms with van der Waals surface area (Å²) >= 11 is 2.02. The molecule has 2 heterocycles. The zero-order chi connectivity index (χ0) is 11.8. The van der Waals surface area contributed by atoms with Gasteiger partial charge in [-0.2, -0.15) is 16.9 Å². The van der Waals surface area contributed by atoms with Gasteiger partial charge in [0, 0.05) is 29.5 Å². The summed E-state index contributed by atoms with van der Waals surface area (Å²) in [6, 6.07) is 4.11. The fourth-order valence-corrected chi connectivity index (χ4v) is 3.32. The fraction of sp³-hybridized carbons (Fsp3) is 0.417. The summed E-state index contributed by atoms with van der Waals surface area (Å²) in [5.41, 5.74) is 9.17. The minimum absolute atomic E-state index is 0.667. The molecule has 4 nitrogen and oxygen atoms in total. The van der Waals surface area contributed by atoms with E-state index in [1.807, 2.05) is 24.0 Å². The van der Waals surface area contributed by atoms with E-state index in [0.29, 0.717) is 5.25 Å². The highest BCUT2D eigenvalue weighted by Gasteiger charge is 2.19. The van der Waals surface area contributed by atoms with Gasteiger partial charge in [-0.3, -0.25) is 5.10 Å². The van der Waals surface area contributed by atoms with Crippen molar-refractivity contribution >= 4 is 34.0 Å². The van der Waals surface area contributed by atoms with E-state index in [1.165, 1.54) is 5.75 Å². The van der Waals surface area contributed by atoms with E-state index in [-0.39, 0.29) is 0 Å². The third-order valence-electron chi connectivity index (χ3n) is 3.17. The average molecular weight is 248 g/mol. The first-order valence-electron chi connectivity index (χ1n) is 5.83. The van der Waals surface area contributed by atoms with Crippen molar-refractivity contribution in [1.82, 2.24) is 10.2 Å². The molecule has 90 valence electrons. The summed E-state index contributed by atoms with van der Waals surface area (Å²) in [6.45, 7) is 4.40. The molecule has 1 aromatic heterocycles. The van der Waals surface area contributed by atoms with Crippen LogP contribution in [0, 0.1) is 0 Å². The van der Waals surface area contributed by atoms with Crippen LogP contribution in [0.1, 0.15) is 6.92 Å². The predicted molar refractivity (Wildman–Crippen MR) is 74.6 cm³/mol. The molecule has 0 bridgehead atoms. The van der Waals surface area contributed by atoms with Crippen LogP contribution in [0.2, 0.25) is 0 Å². The van der Waals surface area contributed by atoms with E-state index in [2.05, 4.69) is 28.1 Å². The van der Waals surface area contributed by atoms with Crippen molar-refractivity contribution in [2.75, 3.05) is 29.5 Å². The monoisotopic (exact) mass is 248 g/mol. The summed E-state index contributed by atoms with van der Waals surface area (Å²) in [4.78, 5) is 2.37. The lowest BCUT2D eigenvalue weighted by Gasteiger charge is -2.33. The van der Waals surface area contributed by atoms with Crippen LogP contribution in [0.3, 0.4) is 0 Å². The molecule has 0 saturated carbocycles. The smallest absolute Gasteiger partial charge is 0.0672 e. The van der Waals surface area contributed by atoms with Crippen molar-refractivity contribution in [2.45, 2.75) is 12.2 Å². The molecule has 3 N–H and O–H groups in total. The molecule has 1 aliphatic rings. The lowest BCUT2D eigenvalue weighted by molar-refractivity contribution is 0.784. The van der Waals surface area contributed by atoms with Gasteiger partial charge in [-0.25, -0.2) is 0 Å². The fourth-order valence-electron chi connectivity index (χ4n) is 2.31. The number of hydrogen-bond donors (Lipinski definition) is 2. The van der Waals surface area contributed by atoms with Gasteiger partial charge in [-0.05, 0) is 12.1 Å². The Bertz CT molecular complexity index is 536. The molecule has 17 heavy (non-hydrogen) atoms. The first-order chi connectivity index (χ1) is 8.24. The molecular formula is C12H16N4S. The quantitative estimate of drug-likeness (QED) is 0.759. The third-order valence-corrected chi connectivity index (χ3v) is 4.31. The number of benzene rings is 1. The van der Waals surface area contributed by atoms with Crippen LogP contribution in [0.15, 0.2) is 18.3 Å². The molecule has 0 spiro atoms. The normalized spacial score (nSPS) is 21.0. The van der Waals surface area contributed by atoms with E-state index in [1.54, 1.807) is 0 Å². The second kappa shape index (κ2) is 4.14. The number of H-pyrrole nitrogens is 1. The van der Waals surface area contributed by atoms with E-state index < -0.39 is 0 Å². The average Bonchev–Trinajstić information content (AvgIpc) is 2.75. The maximum atomic E-state index is 6.13. The molecular weight excluding hydrogens is 232 g/mol. The summed E-state index contributed by atoms with van der Waals surface area (Å²) < 4.78 is 0. The Morgan fingerprint density at radius 1 is 1.53 bits per heavy atom. The molecule has 0 radical (unpaired) electrons. The van der Waals surface area contributed by atoms with Gasteiger partial charge >= 0.3 is 0 Å². The number of nitrogens with two attached hydrogens (primary N) is 1. The second-order valence-electron chi connectivity index (χ2n) is 4.50. The number of thioether (sulfide) groups is 1. The molecule has 1 fully saturated rings. The van der Waals surface area contributed by atoms with Crippen molar-refractivity contribution in [3.05, 3.63) is 18.3 Å². The Kier molecular flexibility index (Phi) is 2.63. The Hall–Kier alpha value is -1.36. The highest BCUT2D eigenvalue weighted by molar-refractivity contribution is 8.00. The van der Waals surface area contributed by atoms with Gasteiger partial charge in [0.2, 0.25) is 0 Å². The molecule has 1 aliphatic heterocycles. The van der Waals surface area contributed by atoms with Crippen LogP contribution in [-0.4, -0.2) is 34.3 Å². The van der Waals surface area contributed by atoms with Crippen LogP contribution >= 0.6 is 11.8 Å². The predicted octanol–water partition coefficient (Wildman–Crippen LogP) is 2.09. The number of hydrogen-bond acceptors (Lipinski definition) is 4. The highest BCUT2D eigenvalue weighted by Crippen LogP contribution is 2.31. The third kappa shape index (κ3) is 1.95. The minimum atomic E-state index is 0.667. The maximum Gasteiger partial charge on any atom is 0.0672 e. The van der Waals surface area contributed by atoms with Crippen LogP contribution in [-0.2, 0) is 0 Å². The van der Waals surface area contributed by atoms with Gasteiger partial charge in [0.1, 0.15) is 0 Å². The Labute approximate surface area is 105 Å². The number of anilines is 2. The van der Waals surface area contributed by atoms with E-state index in [0.717, 1.165) is 35.4 Å². The number of aromatic nitrogens is 2. The van der Waals surface area contributed by atoms with Gasteiger partial charge in [-0.1, -0.05) is 6.92 Å². The van der Waals surface area contributed by atoms with Crippen LogP contribution in [0.4, 0.5) is 11.4 Å². The summed E-state index contributed by atoms with van der Waals surface area (Å²) in [5, 5.41) is 8.78. The van der Waals surface area contributed by atoms with E-state index in [4.69, 9.17) is 5.73 Å². The van der Waals surface area contributed by atoms with Crippen LogP contribution in [0.5, 0.6) is 0 Å². The maximum absolute atomic E-state index is 6.13. The largest absolute Gasteiger partial charge is 0.397 e. The summed E-state index contributed by atoms with van der Waals surface area (Å²) in [7, 11) is 0.